The summed E-state index contributed by atoms with van der Waals surface area (Å²) in [6.45, 7) is 0.431. The number of carbonyl (C=O) groups is 1. The van der Waals surface area contributed by atoms with Crippen LogP contribution in [0.4, 0.5) is 0 Å². The van der Waals surface area contributed by atoms with Crippen LogP contribution in [0, 0.1) is 0 Å². The van der Waals surface area contributed by atoms with Crippen LogP contribution in [0.25, 0.3) is 11.3 Å². The van der Waals surface area contributed by atoms with Gasteiger partial charge >= 0.3 is 5.97 Å². The Labute approximate surface area is 123 Å². The minimum atomic E-state index is -0.913. The first-order valence-electron chi connectivity index (χ1n) is 7.17. The van der Waals surface area contributed by atoms with Crippen LogP contribution in [-0.4, -0.2) is 18.2 Å². The van der Waals surface area contributed by atoms with Crippen molar-refractivity contribution >= 4 is 5.97 Å². The fourth-order valence-electron chi connectivity index (χ4n) is 3.01. The number of hydrogen-bond donors (Lipinski definition) is 1. The lowest BCUT2D eigenvalue weighted by Crippen LogP contribution is -2.06. The molecule has 4 heteroatoms. The summed E-state index contributed by atoms with van der Waals surface area (Å²) in [5.41, 5.74) is 2.95. The van der Waals surface area contributed by atoms with E-state index in [1.807, 2.05) is 24.3 Å². The third kappa shape index (κ3) is 2.47. The lowest BCUT2D eigenvalue weighted by Gasteiger charge is -2.09. The van der Waals surface area contributed by atoms with Gasteiger partial charge in [-0.2, -0.15) is 0 Å². The summed E-state index contributed by atoms with van der Waals surface area (Å²) in [6, 6.07) is 7.64. The van der Waals surface area contributed by atoms with E-state index in [9.17, 15) is 9.90 Å². The molecule has 110 valence electrons. The molecular formula is C17H18O4. The fourth-order valence-corrected chi connectivity index (χ4v) is 3.01. The summed E-state index contributed by atoms with van der Waals surface area (Å²) in [6.07, 6.45) is 3.68. The predicted octanol–water partition coefficient (Wildman–Crippen LogP) is 3.67. The molecule has 0 saturated heterocycles. The second kappa shape index (κ2) is 5.74. The van der Waals surface area contributed by atoms with Crippen LogP contribution in [0.2, 0.25) is 0 Å². The minimum absolute atomic E-state index is 0.327. The van der Waals surface area contributed by atoms with E-state index in [1.165, 1.54) is 0 Å². The number of benzene rings is 1. The van der Waals surface area contributed by atoms with Crippen molar-refractivity contribution < 1.29 is 19.1 Å². The molecule has 0 unspecified atom stereocenters. The van der Waals surface area contributed by atoms with E-state index in [0.29, 0.717) is 17.9 Å². The molecule has 1 aromatic heterocycles. The Morgan fingerprint density at radius 1 is 1.29 bits per heavy atom. The third-order valence-corrected chi connectivity index (χ3v) is 3.95. The highest BCUT2D eigenvalue weighted by molar-refractivity contribution is 5.97. The highest BCUT2D eigenvalue weighted by Gasteiger charge is 2.28. The molecule has 0 amide bonds. The van der Waals surface area contributed by atoms with Gasteiger partial charge in [-0.05, 0) is 24.8 Å². The van der Waals surface area contributed by atoms with Gasteiger partial charge in [0.25, 0.3) is 0 Å². The van der Waals surface area contributed by atoms with Gasteiger partial charge < -0.3 is 14.3 Å². The highest BCUT2D eigenvalue weighted by Crippen LogP contribution is 2.37. The summed E-state index contributed by atoms with van der Waals surface area (Å²) in [5.74, 6) is 0.395. The van der Waals surface area contributed by atoms with Crippen LogP contribution in [0.1, 0.15) is 40.1 Å². The first kappa shape index (κ1) is 13.9. The number of fused-ring (bicyclic) bond motifs is 1. The molecule has 4 nitrogen and oxygen atoms in total. The number of furan rings is 1. The number of rotatable bonds is 4. The van der Waals surface area contributed by atoms with E-state index in [1.54, 1.807) is 7.11 Å². The smallest absolute Gasteiger partial charge is 0.339 e. The maximum absolute atomic E-state index is 11.7. The molecule has 0 atom stereocenters. The van der Waals surface area contributed by atoms with Gasteiger partial charge in [0, 0.05) is 24.7 Å². The van der Waals surface area contributed by atoms with Crippen LogP contribution in [-0.2, 0) is 24.2 Å². The minimum Gasteiger partial charge on any atom is -0.478 e. The zero-order chi connectivity index (χ0) is 14.8. The van der Waals surface area contributed by atoms with E-state index < -0.39 is 5.97 Å². The van der Waals surface area contributed by atoms with Crippen molar-refractivity contribution in [3.05, 3.63) is 46.7 Å². The Morgan fingerprint density at radius 3 is 2.81 bits per heavy atom. The Balaban J connectivity index is 2.18. The molecule has 2 aromatic rings. The maximum atomic E-state index is 11.7. The number of ether oxygens (including phenoxy) is 1. The van der Waals surface area contributed by atoms with E-state index in [0.717, 1.165) is 48.1 Å². The largest absolute Gasteiger partial charge is 0.478 e. The fraction of sp³-hybridized carbons (Fsp3) is 0.353. The van der Waals surface area contributed by atoms with Crippen molar-refractivity contribution in [1.82, 2.24) is 0 Å². The number of methoxy groups -OCH3 is 1. The number of aryl methyl sites for hydroxylation is 1. The van der Waals surface area contributed by atoms with E-state index in [2.05, 4.69) is 0 Å². The average Bonchev–Trinajstić information content (AvgIpc) is 2.87. The molecule has 0 radical (unpaired) electrons. The van der Waals surface area contributed by atoms with Crippen molar-refractivity contribution in [2.75, 3.05) is 7.11 Å². The zero-order valence-electron chi connectivity index (χ0n) is 12.0. The Hall–Kier alpha value is -2.07. The highest BCUT2D eigenvalue weighted by atomic mass is 16.5. The van der Waals surface area contributed by atoms with Crippen LogP contribution >= 0.6 is 0 Å². The molecule has 1 aliphatic carbocycles. The average molecular weight is 286 g/mol. The summed E-state index contributed by atoms with van der Waals surface area (Å²) in [7, 11) is 1.63. The molecule has 0 bridgehead atoms. The van der Waals surface area contributed by atoms with Crippen molar-refractivity contribution in [3.8, 4) is 11.3 Å². The molecule has 0 spiro atoms. The SMILES string of the molecule is COCc1ccccc1-c1oc2c(c1C(=O)O)CCCC2. The zero-order valence-corrected chi connectivity index (χ0v) is 12.0. The van der Waals surface area contributed by atoms with Gasteiger partial charge in [-0.1, -0.05) is 24.3 Å². The van der Waals surface area contributed by atoms with E-state index >= 15 is 0 Å². The topological polar surface area (TPSA) is 59.7 Å². The van der Waals surface area contributed by atoms with Gasteiger partial charge in [0.1, 0.15) is 17.1 Å². The first-order valence-corrected chi connectivity index (χ1v) is 7.17. The molecule has 0 fully saturated rings. The predicted molar refractivity (Wildman–Crippen MR) is 78.5 cm³/mol. The second-order valence-electron chi connectivity index (χ2n) is 5.31. The number of hydrogen-bond acceptors (Lipinski definition) is 3. The Morgan fingerprint density at radius 2 is 2.05 bits per heavy atom. The van der Waals surface area contributed by atoms with Crippen molar-refractivity contribution in [2.45, 2.75) is 32.3 Å². The summed E-state index contributed by atoms with van der Waals surface area (Å²) in [5, 5.41) is 9.60. The number of carboxylic acid groups (broad SMARTS) is 1. The van der Waals surface area contributed by atoms with Crippen LogP contribution < -0.4 is 0 Å². The molecule has 0 saturated carbocycles. The molecule has 1 aromatic carbocycles. The molecule has 0 aliphatic heterocycles. The van der Waals surface area contributed by atoms with Gasteiger partial charge in [0.2, 0.25) is 0 Å². The first-order chi connectivity index (χ1) is 10.2. The van der Waals surface area contributed by atoms with Crippen molar-refractivity contribution in [2.24, 2.45) is 0 Å². The molecule has 21 heavy (non-hydrogen) atoms. The molecule has 3 rings (SSSR count). The number of aromatic carboxylic acids is 1. The molecular weight excluding hydrogens is 268 g/mol. The van der Waals surface area contributed by atoms with Gasteiger partial charge in [0.15, 0.2) is 0 Å². The normalized spacial score (nSPS) is 14.0. The lowest BCUT2D eigenvalue weighted by molar-refractivity contribution is 0.0696. The van der Waals surface area contributed by atoms with Crippen molar-refractivity contribution in [3.63, 3.8) is 0 Å². The van der Waals surface area contributed by atoms with E-state index in [-0.39, 0.29) is 0 Å². The standard InChI is InChI=1S/C17H18O4/c1-20-10-11-6-2-3-7-12(11)16-15(17(18)19)13-8-4-5-9-14(13)21-16/h2-3,6-7H,4-5,8-10H2,1H3,(H,18,19). The molecule has 1 heterocycles. The quantitative estimate of drug-likeness (QED) is 0.931. The van der Waals surface area contributed by atoms with E-state index in [4.69, 9.17) is 9.15 Å². The Kier molecular flexibility index (Phi) is 3.80. The van der Waals surface area contributed by atoms with Gasteiger partial charge in [-0.15, -0.1) is 0 Å². The third-order valence-electron chi connectivity index (χ3n) is 3.95. The lowest BCUT2D eigenvalue weighted by atomic mass is 9.93. The summed E-state index contributed by atoms with van der Waals surface area (Å²) in [4.78, 5) is 11.7. The molecule has 1 N–H and O–H groups in total. The van der Waals surface area contributed by atoms with Gasteiger partial charge in [-0.25, -0.2) is 4.79 Å². The maximum Gasteiger partial charge on any atom is 0.339 e. The molecule has 1 aliphatic rings. The van der Waals surface area contributed by atoms with Crippen LogP contribution in [0.3, 0.4) is 0 Å². The van der Waals surface area contributed by atoms with Gasteiger partial charge in [-0.3, -0.25) is 0 Å². The van der Waals surface area contributed by atoms with Crippen LogP contribution in [0.5, 0.6) is 0 Å². The Bertz CT molecular complexity index is 669. The second-order valence-corrected chi connectivity index (χ2v) is 5.31. The summed E-state index contributed by atoms with van der Waals surface area (Å²) >= 11 is 0. The van der Waals surface area contributed by atoms with Crippen molar-refractivity contribution in [1.29, 1.82) is 0 Å². The number of carboxylic acids is 1. The van der Waals surface area contributed by atoms with Crippen LogP contribution in [0.15, 0.2) is 28.7 Å². The monoisotopic (exact) mass is 286 g/mol. The summed E-state index contributed by atoms with van der Waals surface area (Å²) < 4.78 is 11.1. The van der Waals surface area contributed by atoms with Gasteiger partial charge in [0.05, 0.1) is 6.61 Å².